The van der Waals surface area contributed by atoms with Crippen molar-refractivity contribution in [1.29, 1.82) is 0 Å². The molecule has 1 aromatic carbocycles. The molecule has 0 bridgehead atoms. The highest BCUT2D eigenvalue weighted by atomic mass is 35.5. The van der Waals surface area contributed by atoms with Gasteiger partial charge in [-0.2, -0.15) is 0 Å². The molecule has 0 aliphatic rings. The summed E-state index contributed by atoms with van der Waals surface area (Å²) in [5.41, 5.74) is 0.0166. The standard InChI is InChI=1S/C15H17Cl3N4O2S/c1-3-4-5-22-14(24)20-21-15(22)25-8(2)13(23)19-12-10(17)6-9(16)7-11(12)18/h6-8H,3-5H2,1-2H3,(H,19,23)(H,20,24)/t8-/m1/s1. The van der Waals surface area contributed by atoms with Crippen molar-refractivity contribution in [2.24, 2.45) is 0 Å². The van der Waals surface area contributed by atoms with Gasteiger partial charge in [0.15, 0.2) is 5.16 Å². The van der Waals surface area contributed by atoms with Gasteiger partial charge in [0.2, 0.25) is 5.91 Å². The molecule has 0 spiro atoms. The summed E-state index contributed by atoms with van der Waals surface area (Å²) in [7, 11) is 0. The van der Waals surface area contributed by atoms with Gasteiger partial charge < -0.3 is 5.32 Å². The van der Waals surface area contributed by atoms with Crippen LogP contribution in [0.5, 0.6) is 0 Å². The number of hydrogen-bond donors (Lipinski definition) is 2. The van der Waals surface area contributed by atoms with E-state index < -0.39 is 5.25 Å². The molecule has 2 N–H and O–H groups in total. The summed E-state index contributed by atoms with van der Waals surface area (Å²) in [6, 6.07) is 3.00. The van der Waals surface area contributed by atoms with Gasteiger partial charge in [0.1, 0.15) is 0 Å². The molecular formula is C15H17Cl3N4O2S. The Morgan fingerprint density at radius 1 is 1.36 bits per heavy atom. The van der Waals surface area contributed by atoms with Crippen molar-refractivity contribution in [3.8, 4) is 0 Å². The lowest BCUT2D eigenvalue weighted by molar-refractivity contribution is -0.115. The number of thioether (sulfide) groups is 1. The van der Waals surface area contributed by atoms with Gasteiger partial charge >= 0.3 is 5.69 Å². The largest absolute Gasteiger partial charge is 0.343 e. The summed E-state index contributed by atoms with van der Waals surface area (Å²) in [6.45, 7) is 4.30. The third kappa shape index (κ3) is 5.17. The van der Waals surface area contributed by atoms with Crippen LogP contribution in [0.1, 0.15) is 26.7 Å². The number of nitrogens with zero attached hydrogens (tertiary/aromatic N) is 2. The first kappa shape index (κ1) is 20.2. The zero-order valence-electron chi connectivity index (χ0n) is 13.6. The van der Waals surface area contributed by atoms with E-state index >= 15 is 0 Å². The number of amides is 1. The topological polar surface area (TPSA) is 79.8 Å². The van der Waals surface area contributed by atoms with Crippen LogP contribution in [-0.4, -0.2) is 25.9 Å². The van der Waals surface area contributed by atoms with E-state index in [2.05, 4.69) is 15.5 Å². The minimum atomic E-state index is -0.515. The second-order valence-electron chi connectivity index (χ2n) is 5.31. The SMILES string of the molecule is CCCCn1c(S[C@H](C)C(=O)Nc2c(Cl)cc(Cl)cc2Cl)n[nH]c1=O. The Kier molecular flexibility index (Phi) is 7.25. The number of nitrogens with one attached hydrogen (secondary N) is 2. The molecular weight excluding hydrogens is 407 g/mol. The van der Waals surface area contributed by atoms with Gasteiger partial charge in [0.05, 0.1) is 21.0 Å². The molecule has 2 aromatic rings. The zero-order chi connectivity index (χ0) is 18.6. The normalized spacial score (nSPS) is 12.2. The molecule has 10 heteroatoms. The van der Waals surface area contributed by atoms with Crippen LogP contribution < -0.4 is 11.0 Å². The van der Waals surface area contributed by atoms with Crippen molar-refractivity contribution < 1.29 is 4.79 Å². The fourth-order valence-corrected chi connectivity index (χ4v) is 3.80. The summed E-state index contributed by atoms with van der Waals surface area (Å²) in [5.74, 6) is -0.311. The Labute approximate surface area is 164 Å². The van der Waals surface area contributed by atoms with E-state index in [1.54, 1.807) is 6.92 Å². The Hall–Kier alpha value is -1.15. The van der Waals surface area contributed by atoms with Crippen molar-refractivity contribution >= 4 is 58.2 Å². The molecule has 136 valence electrons. The number of hydrogen-bond acceptors (Lipinski definition) is 4. The van der Waals surface area contributed by atoms with Gasteiger partial charge in [-0.1, -0.05) is 59.9 Å². The highest BCUT2D eigenvalue weighted by Crippen LogP contribution is 2.34. The summed E-state index contributed by atoms with van der Waals surface area (Å²) in [5, 5.41) is 9.92. The maximum absolute atomic E-state index is 12.4. The van der Waals surface area contributed by atoms with E-state index in [9.17, 15) is 9.59 Å². The van der Waals surface area contributed by atoms with Gasteiger partial charge in [-0.25, -0.2) is 9.89 Å². The van der Waals surface area contributed by atoms with Crippen LogP contribution in [-0.2, 0) is 11.3 Å². The van der Waals surface area contributed by atoms with Crippen LogP contribution in [0.2, 0.25) is 15.1 Å². The summed E-state index contributed by atoms with van der Waals surface area (Å²) < 4.78 is 1.53. The lowest BCUT2D eigenvalue weighted by atomic mass is 10.3. The molecule has 6 nitrogen and oxygen atoms in total. The molecule has 0 radical (unpaired) electrons. The molecule has 2 rings (SSSR count). The average molecular weight is 424 g/mol. The van der Waals surface area contributed by atoms with Gasteiger partial charge in [-0.05, 0) is 25.5 Å². The van der Waals surface area contributed by atoms with Gasteiger partial charge in [-0.15, -0.1) is 5.10 Å². The van der Waals surface area contributed by atoms with Crippen molar-refractivity contribution in [1.82, 2.24) is 14.8 Å². The third-order valence-electron chi connectivity index (χ3n) is 3.37. The van der Waals surface area contributed by atoms with E-state index in [1.165, 1.54) is 28.5 Å². The van der Waals surface area contributed by atoms with Crippen molar-refractivity contribution in [2.75, 3.05) is 5.32 Å². The highest BCUT2D eigenvalue weighted by Gasteiger charge is 2.21. The van der Waals surface area contributed by atoms with Crippen LogP contribution in [0.25, 0.3) is 0 Å². The van der Waals surface area contributed by atoms with Crippen LogP contribution in [0.15, 0.2) is 22.1 Å². The van der Waals surface area contributed by atoms with Crippen molar-refractivity contribution in [2.45, 2.75) is 43.6 Å². The highest BCUT2D eigenvalue weighted by molar-refractivity contribution is 8.00. The number of anilines is 1. The van der Waals surface area contributed by atoms with E-state index in [1.807, 2.05) is 6.92 Å². The smallest absolute Gasteiger partial charge is 0.323 e. The first-order valence-corrected chi connectivity index (χ1v) is 9.62. The fraction of sp³-hybridized carbons (Fsp3) is 0.400. The number of aromatic amines is 1. The molecule has 0 fully saturated rings. The quantitative estimate of drug-likeness (QED) is 0.645. The fourth-order valence-electron chi connectivity index (χ4n) is 2.00. The molecule has 0 saturated carbocycles. The molecule has 1 aromatic heterocycles. The number of halogens is 3. The minimum Gasteiger partial charge on any atom is -0.323 e. The predicted molar refractivity (Wildman–Crippen MR) is 103 cm³/mol. The lowest BCUT2D eigenvalue weighted by Gasteiger charge is -2.14. The monoisotopic (exact) mass is 422 g/mol. The summed E-state index contributed by atoms with van der Waals surface area (Å²) in [6.07, 6.45) is 1.80. The second-order valence-corrected chi connectivity index (χ2v) is 7.87. The van der Waals surface area contributed by atoms with Crippen LogP contribution in [0, 0.1) is 0 Å². The third-order valence-corrected chi connectivity index (χ3v) is 5.27. The Balaban J connectivity index is 2.10. The van der Waals surface area contributed by atoms with E-state index in [0.717, 1.165) is 12.8 Å². The first-order valence-electron chi connectivity index (χ1n) is 7.60. The van der Waals surface area contributed by atoms with Crippen LogP contribution in [0.4, 0.5) is 5.69 Å². The van der Waals surface area contributed by atoms with Crippen LogP contribution >= 0.6 is 46.6 Å². The number of rotatable bonds is 7. The Morgan fingerprint density at radius 2 is 2.00 bits per heavy atom. The van der Waals surface area contributed by atoms with E-state index in [4.69, 9.17) is 34.8 Å². The Bertz CT molecular complexity index is 798. The minimum absolute atomic E-state index is 0.252. The number of H-pyrrole nitrogens is 1. The van der Waals surface area contributed by atoms with Crippen molar-refractivity contribution in [3.63, 3.8) is 0 Å². The van der Waals surface area contributed by atoms with E-state index in [-0.39, 0.29) is 21.6 Å². The maximum Gasteiger partial charge on any atom is 0.343 e. The summed E-state index contributed by atoms with van der Waals surface area (Å²) in [4.78, 5) is 24.2. The van der Waals surface area contributed by atoms with Gasteiger partial charge in [-0.3, -0.25) is 9.36 Å². The van der Waals surface area contributed by atoms with E-state index in [0.29, 0.717) is 22.4 Å². The molecule has 0 unspecified atom stereocenters. The molecule has 25 heavy (non-hydrogen) atoms. The molecule has 1 heterocycles. The molecule has 1 amide bonds. The Morgan fingerprint density at radius 3 is 2.60 bits per heavy atom. The molecule has 0 aliphatic heterocycles. The number of carbonyl (C=O) groups is 1. The zero-order valence-corrected chi connectivity index (χ0v) is 16.7. The lowest BCUT2D eigenvalue weighted by Crippen LogP contribution is -2.24. The second kappa shape index (κ2) is 8.98. The van der Waals surface area contributed by atoms with Gasteiger partial charge in [0, 0.05) is 11.6 Å². The molecule has 0 saturated heterocycles. The van der Waals surface area contributed by atoms with Crippen LogP contribution in [0.3, 0.4) is 0 Å². The number of benzene rings is 1. The number of unbranched alkanes of at least 4 members (excludes halogenated alkanes) is 1. The predicted octanol–water partition coefficient (Wildman–Crippen LogP) is 4.45. The first-order chi connectivity index (χ1) is 11.8. The van der Waals surface area contributed by atoms with Crippen molar-refractivity contribution in [3.05, 3.63) is 37.7 Å². The number of carbonyl (C=O) groups excluding carboxylic acids is 1. The molecule has 1 atom stereocenters. The molecule has 0 aliphatic carbocycles. The maximum atomic E-state index is 12.4. The number of aromatic nitrogens is 3. The average Bonchev–Trinajstić information content (AvgIpc) is 2.88. The van der Waals surface area contributed by atoms with Gasteiger partial charge in [0.25, 0.3) is 0 Å². The summed E-state index contributed by atoms with van der Waals surface area (Å²) >= 11 is 19.2.